The Morgan fingerprint density at radius 2 is 1.92 bits per heavy atom. The van der Waals surface area contributed by atoms with Crippen molar-refractivity contribution in [2.24, 2.45) is 0 Å². The normalized spacial score (nSPS) is 14.8. The maximum absolute atomic E-state index is 12.3. The molecule has 0 aliphatic heterocycles. The molecule has 0 bridgehead atoms. The van der Waals surface area contributed by atoms with Crippen LogP contribution in [0, 0.1) is 13.8 Å². The second-order valence-corrected chi connectivity index (χ2v) is 7.24. The third-order valence-corrected chi connectivity index (χ3v) is 4.95. The van der Waals surface area contributed by atoms with Gasteiger partial charge in [-0.05, 0) is 57.4 Å². The molecule has 1 atom stereocenters. The highest BCUT2D eigenvalue weighted by atomic mass is 35.5. The number of amides is 1. The van der Waals surface area contributed by atoms with Crippen LogP contribution in [0.5, 0.6) is 0 Å². The van der Waals surface area contributed by atoms with E-state index in [4.69, 9.17) is 16.3 Å². The Kier molecular flexibility index (Phi) is 5.37. The molecule has 1 heterocycles. The van der Waals surface area contributed by atoms with E-state index in [0.717, 1.165) is 29.8 Å². The molecule has 1 N–H and O–H groups in total. The van der Waals surface area contributed by atoms with Gasteiger partial charge in [-0.2, -0.15) is 0 Å². The van der Waals surface area contributed by atoms with E-state index in [1.807, 2.05) is 39.0 Å². The van der Waals surface area contributed by atoms with Crippen molar-refractivity contribution < 1.29 is 14.3 Å². The number of halogens is 1. The molecular weight excluding hydrogens is 352 g/mol. The molecule has 1 fully saturated rings. The number of hydrogen-bond acceptors (Lipinski definition) is 3. The van der Waals surface area contributed by atoms with E-state index in [2.05, 4.69) is 9.88 Å². The van der Waals surface area contributed by atoms with Gasteiger partial charge >= 0.3 is 5.97 Å². The number of carbonyl (C=O) groups excluding carboxylic acids is 2. The molecule has 1 amide bonds. The molecular formula is C20H23ClN2O3. The number of nitrogens with one attached hydrogen (secondary N) is 1. The Hall–Kier alpha value is -2.27. The molecule has 26 heavy (non-hydrogen) atoms. The van der Waals surface area contributed by atoms with Crippen molar-refractivity contribution in [3.05, 3.63) is 57.9 Å². The lowest BCUT2D eigenvalue weighted by Gasteiger charge is -2.14. The van der Waals surface area contributed by atoms with Crippen molar-refractivity contribution in [2.45, 2.75) is 45.7 Å². The van der Waals surface area contributed by atoms with Gasteiger partial charge in [0.2, 0.25) is 0 Å². The summed E-state index contributed by atoms with van der Waals surface area (Å²) in [6.45, 7) is 5.48. The van der Waals surface area contributed by atoms with Crippen molar-refractivity contribution in [3.63, 3.8) is 0 Å². The summed E-state index contributed by atoms with van der Waals surface area (Å²) in [6, 6.07) is 9.39. The molecule has 1 aliphatic rings. The first-order valence-corrected chi connectivity index (χ1v) is 9.15. The van der Waals surface area contributed by atoms with E-state index in [9.17, 15) is 9.59 Å². The third-order valence-electron chi connectivity index (χ3n) is 4.70. The number of nitrogens with zero attached hydrogens (tertiary/aromatic N) is 1. The van der Waals surface area contributed by atoms with Crippen LogP contribution in [-0.2, 0) is 9.53 Å². The Morgan fingerprint density at radius 3 is 2.54 bits per heavy atom. The molecule has 138 valence electrons. The van der Waals surface area contributed by atoms with E-state index in [0.29, 0.717) is 16.6 Å². The first kappa shape index (κ1) is 18.5. The SMILES string of the molecule is Cc1cc(C(=O)OCC(=O)N[C@H](C)c2ccc(Cl)cc2)c(C)n1C1CC1. The van der Waals surface area contributed by atoms with Crippen LogP contribution in [0.2, 0.25) is 5.02 Å². The molecule has 0 radical (unpaired) electrons. The predicted molar refractivity (Wildman–Crippen MR) is 100 cm³/mol. The molecule has 0 spiro atoms. The molecule has 0 unspecified atom stereocenters. The molecule has 3 rings (SSSR count). The largest absolute Gasteiger partial charge is 0.452 e. The maximum Gasteiger partial charge on any atom is 0.340 e. The van der Waals surface area contributed by atoms with Gasteiger partial charge in [0.05, 0.1) is 11.6 Å². The Balaban J connectivity index is 1.55. The van der Waals surface area contributed by atoms with Gasteiger partial charge in [-0.3, -0.25) is 4.79 Å². The van der Waals surface area contributed by atoms with Crippen LogP contribution >= 0.6 is 11.6 Å². The minimum absolute atomic E-state index is 0.196. The van der Waals surface area contributed by atoms with Crippen LogP contribution in [-0.4, -0.2) is 23.1 Å². The molecule has 5 nitrogen and oxygen atoms in total. The monoisotopic (exact) mass is 374 g/mol. The number of rotatable bonds is 6. The third kappa shape index (κ3) is 4.10. The van der Waals surface area contributed by atoms with Crippen LogP contribution in [0.3, 0.4) is 0 Å². The van der Waals surface area contributed by atoms with Gasteiger partial charge < -0.3 is 14.6 Å². The predicted octanol–water partition coefficient (Wildman–Crippen LogP) is 4.13. The highest BCUT2D eigenvalue weighted by molar-refractivity contribution is 6.30. The van der Waals surface area contributed by atoms with Crippen molar-refractivity contribution in [1.29, 1.82) is 0 Å². The molecule has 2 aromatic rings. The van der Waals surface area contributed by atoms with Crippen LogP contribution in [0.1, 0.15) is 59.2 Å². The zero-order valence-electron chi connectivity index (χ0n) is 15.2. The Bertz CT molecular complexity index is 822. The van der Waals surface area contributed by atoms with E-state index >= 15 is 0 Å². The van der Waals surface area contributed by atoms with Gasteiger partial charge in [-0.1, -0.05) is 23.7 Å². The van der Waals surface area contributed by atoms with Gasteiger partial charge in [0, 0.05) is 22.5 Å². The summed E-state index contributed by atoms with van der Waals surface area (Å²) in [5.74, 6) is -0.795. The van der Waals surface area contributed by atoms with Crippen LogP contribution < -0.4 is 5.32 Å². The second kappa shape index (κ2) is 7.54. The Morgan fingerprint density at radius 1 is 1.27 bits per heavy atom. The van der Waals surface area contributed by atoms with Gasteiger partial charge in [-0.25, -0.2) is 4.79 Å². The summed E-state index contributed by atoms with van der Waals surface area (Å²) in [6.07, 6.45) is 2.30. The van der Waals surface area contributed by atoms with E-state index < -0.39 is 5.97 Å². The average Bonchev–Trinajstić information content (AvgIpc) is 3.38. The Labute approximate surface area is 158 Å². The van der Waals surface area contributed by atoms with Crippen LogP contribution in [0.15, 0.2) is 30.3 Å². The molecule has 1 aliphatic carbocycles. The van der Waals surface area contributed by atoms with E-state index in [1.54, 1.807) is 12.1 Å². The molecule has 0 saturated heterocycles. The zero-order chi connectivity index (χ0) is 18.8. The van der Waals surface area contributed by atoms with Gasteiger partial charge in [0.25, 0.3) is 5.91 Å². The van der Waals surface area contributed by atoms with Crippen LogP contribution in [0.4, 0.5) is 0 Å². The topological polar surface area (TPSA) is 60.3 Å². The lowest BCUT2D eigenvalue weighted by molar-refractivity contribution is -0.124. The first-order valence-electron chi connectivity index (χ1n) is 8.77. The fourth-order valence-corrected chi connectivity index (χ4v) is 3.33. The van der Waals surface area contributed by atoms with Gasteiger partial charge in [-0.15, -0.1) is 0 Å². The first-order chi connectivity index (χ1) is 12.4. The van der Waals surface area contributed by atoms with E-state index in [1.165, 1.54) is 0 Å². The second-order valence-electron chi connectivity index (χ2n) is 6.80. The summed E-state index contributed by atoms with van der Waals surface area (Å²) < 4.78 is 7.39. The number of benzene rings is 1. The quantitative estimate of drug-likeness (QED) is 0.773. The number of carbonyl (C=O) groups is 2. The van der Waals surface area contributed by atoms with Crippen molar-refractivity contribution in [3.8, 4) is 0 Å². The summed E-state index contributed by atoms with van der Waals surface area (Å²) in [7, 11) is 0. The maximum atomic E-state index is 12.3. The van der Waals surface area contributed by atoms with Crippen molar-refractivity contribution >= 4 is 23.5 Å². The lowest BCUT2D eigenvalue weighted by Crippen LogP contribution is -2.31. The summed E-state index contributed by atoms with van der Waals surface area (Å²) in [5, 5.41) is 3.46. The molecule has 6 heteroatoms. The van der Waals surface area contributed by atoms with Crippen molar-refractivity contribution in [1.82, 2.24) is 9.88 Å². The molecule has 1 aromatic carbocycles. The van der Waals surface area contributed by atoms with E-state index in [-0.39, 0.29) is 18.6 Å². The number of ether oxygens (including phenoxy) is 1. The minimum Gasteiger partial charge on any atom is -0.452 e. The highest BCUT2D eigenvalue weighted by Gasteiger charge is 2.28. The molecule has 1 aromatic heterocycles. The van der Waals surface area contributed by atoms with Crippen LogP contribution in [0.25, 0.3) is 0 Å². The smallest absolute Gasteiger partial charge is 0.340 e. The number of aromatic nitrogens is 1. The number of aryl methyl sites for hydroxylation is 1. The standard InChI is InChI=1S/C20H23ClN2O3/c1-12-10-18(14(3)23(12)17-8-9-17)20(25)26-11-19(24)22-13(2)15-4-6-16(21)7-5-15/h4-7,10,13,17H,8-9,11H2,1-3H3,(H,22,24)/t13-/m1/s1. The highest BCUT2D eigenvalue weighted by Crippen LogP contribution is 2.38. The van der Waals surface area contributed by atoms with Gasteiger partial charge in [0.15, 0.2) is 6.61 Å². The fourth-order valence-electron chi connectivity index (χ4n) is 3.21. The molecule has 1 saturated carbocycles. The summed E-state index contributed by atoms with van der Waals surface area (Å²) in [4.78, 5) is 24.4. The van der Waals surface area contributed by atoms with Gasteiger partial charge in [0.1, 0.15) is 0 Å². The number of hydrogen-bond donors (Lipinski definition) is 1. The average molecular weight is 375 g/mol. The number of esters is 1. The summed E-state index contributed by atoms with van der Waals surface area (Å²) >= 11 is 5.87. The van der Waals surface area contributed by atoms with Crippen molar-refractivity contribution in [2.75, 3.05) is 6.61 Å². The zero-order valence-corrected chi connectivity index (χ0v) is 16.0. The summed E-state index contributed by atoms with van der Waals surface area (Å²) in [5.41, 5.74) is 3.43. The minimum atomic E-state index is -0.459. The fraction of sp³-hybridized carbons (Fsp3) is 0.400. The lowest BCUT2D eigenvalue weighted by atomic mass is 10.1.